The number of rotatable bonds is 4. The van der Waals surface area contributed by atoms with Crippen LogP contribution in [0.2, 0.25) is 0 Å². The Morgan fingerprint density at radius 1 is 0.347 bits per heavy atom. The van der Waals surface area contributed by atoms with Gasteiger partial charge in [-0.05, 0) is 35.9 Å². The fourth-order valence-electron chi connectivity index (χ4n) is 7.26. The number of para-hydroxylation sites is 3. The van der Waals surface area contributed by atoms with E-state index in [0.29, 0.717) is 5.82 Å². The van der Waals surface area contributed by atoms with Crippen LogP contribution in [0.3, 0.4) is 0 Å². The van der Waals surface area contributed by atoms with Gasteiger partial charge in [-0.1, -0.05) is 133 Å². The number of nitrogens with zero attached hydrogens (tertiary/aromatic N) is 3. The number of furan rings is 1. The highest BCUT2D eigenvalue weighted by molar-refractivity contribution is 6.27. The third-order valence-corrected chi connectivity index (χ3v) is 9.44. The number of benzene rings is 7. The van der Waals surface area contributed by atoms with Crippen LogP contribution in [0.4, 0.5) is 0 Å². The number of hydrogen-bond donors (Lipinski definition) is 0. The first-order valence-electron chi connectivity index (χ1n) is 16.5. The van der Waals surface area contributed by atoms with Crippen LogP contribution in [0.15, 0.2) is 168 Å². The summed E-state index contributed by atoms with van der Waals surface area (Å²) in [4.78, 5) is 15.5. The Labute approximate surface area is 282 Å². The van der Waals surface area contributed by atoms with Crippen molar-refractivity contribution >= 4 is 54.5 Å². The van der Waals surface area contributed by atoms with Crippen LogP contribution >= 0.6 is 0 Å². The molecule has 228 valence electrons. The highest BCUT2D eigenvalue weighted by atomic mass is 16.3. The first kappa shape index (κ1) is 27.5. The molecule has 4 nitrogen and oxygen atoms in total. The van der Waals surface area contributed by atoms with E-state index in [-0.39, 0.29) is 0 Å². The quantitative estimate of drug-likeness (QED) is 0.183. The van der Waals surface area contributed by atoms with Gasteiger partial charge in [-0.2, -0.15) is 0 Å². The molecule has 0 spiro atoms. The smallest absolute Gasteiger partial charge is 0.160 e. The van der Waals surface area contributed by atoms with Crippen molar-refractivity contribution in [3.63, 3.8) is 0 Å². The van der Waals surface area contributed by atoms with Gasteiger partial charge in [0.1, 0.15) is 11.2 Å². The molecule has 10 aromatic rings. The zero-order valence-corrected chi connectivity index (χ0v) is 26.3. The Kier molecular flexibility index (Phi) is 6.15. The van der Waals surface area contributed by atoms with Crippen LogP contribution in [0.25, 0.3) is 99.5 Å². The SMILES string of the molecule is c1ccc(-c2nc(-c3cccc(-c4c5c(cc6c(-c7ccccc7)nc7ccccc7c46)oc4ccccc45)c3)nc3ccccc23)cc1. The summed E-state index contributed by atoms with van der Waals surface area (Å²) in [7, 11) is 0. The van der Waals surface area contributed by atoms with Crippen molar-refractivity contribution in [1.82, 2.24) is 15.0 Å². The third kappa shape index (κ3) is 4.42. The number of pyridine rings is 1. The van der Waals surface area contributed by atoms with Crippen LogP contribution in [-0.2, 0) is 0 Å². The molecule has 0 aliphatic rings. The minimum absolute atomic E-state index is 0.685. The van der Waals surface area contributed by atoms with Crippen molar-refractivity contribution in [2.24, 2.45) is 0 Å². The van der Waals surface area contributed by atoms with Gasteiger partial charge in [0.25, 0.3) is 0 Å². The average Bonchev–Trinajstić information content (AvgIpc) is 3.55. The number of aromatic nitrogens is 3. The predicted molar refractivity (Wildman–Crippen MR) is 201 cm³/mol. The molecule has 10 rings (SSSR count). The first-order chi connectivity index (χ1) is 24.3. The lowest BCUT2D eigenvalue weighted by Crippen LogP contribution is -1.96. The second-order valence-corrected chi connectivity index (χ2v) is 12.3. The lowest BCUT2D eigenvalue weighted by molar-refractivity contribution is 0.669. The minimum Gasteiger partial charge on any atom is -0.456 e. The van der Waals surface area contributed by atoms with Crippen molar-refractivity contribution in [2.75, 3.05) is 0 Å². The predicted octanol–water partition coefficient (Wildman–Crippen LogP) is 11.9. The molecule has 3 aromatic heterocycles. The molecule has 0 N–H and O–H groups in total. The summed E-state index contributed by atoms with van der Waals surface area (Å²) in [5, 5.41) is 6.48. The van der Waals surface area contributed by atoms with Crippen LogP contribution in [0.1, 0.15) is 0 Å². The number of hydrogen-bond acceptors (Lipinski definition) is 4. The summed E-state index contributed by atoms with van der Waals surface area (Å²) in [6, 6.07) is 56.6. The fourth-order valence-corrected chi connectivity index (χ4v) is 7.26. The zero-order chi connectivity index (χ0) is 32.3. The molecular formula is C45H27N3O. The van der Waals surface area contributed by atoms with Crippen LogP contribution in [0, 0.1) is 0 Å². The molecule has 49 heavy (non-hydrogen) atoms. The van der Waals surface area contributed by atoms with Crippen molar-refractivity contribution in [3.05, 3.63) is 164 Å². The van der Waals surface area contributed by atoms with Crippen molar-refractivity contribution < 1.29 is 4.42 Å². The molecule has 0 saturated heterocycles. The standard InChI is InChI=1S/C45H27N3O/c1-3-14-28(15-4-1)43-33-21-8-11-24-37(33)47-45(48-43)31-19-13-18-30(26-31)40-41-32-20-7-10-23-36(32)46-44(29-16-5-2-6-17-29)35(41)27-39-42(40)34-22-9-12-25-38(34)49-39/h1-27H. The summed E-state index contributed by atoms with van der Waals surface area (Å²) < 4.78 is 6.60. The molecule has 0 radical (unpaired) electrons. The molecule has 0 unspecified atom stereocenters. The first-order valence-corrected chi connectivity index (χ1v) is 16.5. The van der Waals surface area contributed by atoms with Gasteiger partial charge in [-0.25, -0.2) is 15.0 Å². The molecule has 4 heteroatoms. The Hall–Kier alpha value is -6.65. The lowest BCUT2D eigenvalue weighted by Gasteiger charge is -2.16. The van der Waals surface area contributed by atoms with E-state index in [2.05, 4.69) is 127 Å². The zero-order valence-electron chi connectivity index (χ0n) is 26.3. The normalized spacial score (nSPS) is 11.7. The molecule has 0 aliphatic heterocycles. The van der Waals surface area contributed by atoms with E-state index in [1.807, 2.05) is 36.4 Å². The monoisotopic (exact) mass is 625 g/mol. The summed E-state index contributed by atoms with van der Waals surface area (Å²) in [5.74, 6) is 0.685. The van der Waals surface area contributed by atoms with Crippen molar-refractivity contribution in [3.8, 4) is 45.0 Å². The van der Waals surface area contributed by atoms with Crippen LogP contribution in [0.5, 0.6) is 0 Å². The molecule has 0 fully saturated rings. The van der Waals surface area contributed by atoms with Crippen LogP contribution in [-0.4, -0.2) is 15.0 Å². The Balaban J connectivity index is 1.32. The van der Waals surface area contributed by atoms with E-state index in [1.165, 1.54) is 0 Å². The van der Waals surface area contributed by atoms with Gasteiger partial charge in [0, 0.05) is 54.6 Å². The van der Waals surface area contributed by atoms with E-state index >= 15 is 0 Å². The molecule has 7 aromatic carbocycles. The molecule has 0 saturated carbocycles. The second-order valence-electron chi connectivity index (χ2n) is 12.3. The summed E-state index contributed by atoms with van der Waals surface area (Å²) in [6.45, 7) is 0. The van der Waals surface area contributed by atoms with Gasteiger partial charge in [0.2, 0.25) is 0 Å². The number of fused-ring (bicyclic) bond motifs is 7. The van der Waals surface area contributed by atoms with E-state index in [1.54, 1.807) is 0 Å². The molecule has 3 heterocycles. The van der Waals surface area contributed by atoms with Gasteiger partial charge in [-0.3, -0.25) is 0 Å². The van der Waals surface area contributed by atoms with Gasteiger partial charge < -0.3 is 4.42 Å². The average molecular weight is 626 g/mol. The summed E-state index contributed by atoms with van der Waals surface area (Å²) in [6.07, 6.45) is 0. The van der Waals surface area contributed by atoms with Crippen LogP contribution < -0.4 is 0 Å². The lowest BCUT2D eigenvalue weighted by atomic mass is 9.89. The van der Waals surface area contributed by atoms with Gasteiger partial charge in [-0.15, -0.1) is 0 Å². The summed E-state index contributed by atoms with van der Waals surface area (Å²) >= 11 is 0. The minimum atomic E-state index is 0.685. The maximum atomic E-state index is 6.60. The van der Waals surface area contributed by atoms with E-state index in [0.717, 1.165) is 93.7 Å². The topological polar surface area (TPSA) is 51.8 Å². The fraction of sp³-hybridized carbons (Fsp3) is 0. The van der Waals surface area contributed by atoms with E-state index in [4.69, 9.17) is 19.4 Å². The Bertz CT molecular complexity index is 2880. The van der Waals surface area contributed by atoms with Gasteiger partial charge >= 0.3 is 0 Å². The maximum Gasteiger partial charge on any atom is 0.160 e. The van der Waals surface area contributed by atoms with Crippen molar-refractivity contribution in [2.45, 2.75) is 0 Å². The summed E-state index contributed by atoms with van der Waals surface area (Å²) in [5.41, 5.74) is 10.6. The molecule has 0 atom stereocenters. The van der Waals surface area contributed by atoms with E-state index in [9.17, 15) is 0 Å². The maximum absolute atomic E-state index is 6.60. The van der Waals surface area contributed by atoms with E-state index < -0.39 is 0 Å². The Morgan fingerprint density at radius 3 is 1.67 bits per heavy atom. The largest absolute Gasteiger partial charge is 0.456 e. The third-order valence-electron chi connectivity index (χ3n) is 9.44. The molecule has 0 aliphatic carbocycles. The highest BCUT2D eigenvalue weighted by Gasteiger charge is 2.22. The highest BCUT2D eigenvalue weighted by Crippen LogP contribution is 2.46. The second kappa shape index (κ2) is 11.0. The van der Waals surface area contributed by atoms with Gasteiger partial charge in [0.15, 0.2) is 5.82 Å². The van der Waals surface area contributed by atoms with Gasteiger partial charge in [0.05, 0.1) is 22.4 Å². The molecule has 0 amide bonds. The Morgan fingerprint density at radius 2 is 0.918 bits per heavy atom. The van der Waals surface area contributed by atoms with Crippen molar-refractivity contribution in [1.29, 1.82) is 0 Å². The molecule has 0 bridgehead atoms. The molecular weight excluding hydrogens is 599 g/mol.